The van der Waals surface area contributed by atoms with Crippen molar-refractivity contribution < 1.29 is 0 Å². The molecule has 3 heterocycles. The Kier molecular flexibility index (Phi) is 5.39. The molecule has 0 aliphatic rings. The molecule has 0 radical (unpaired) electrons. The Hall–Kier alpha value is -5.22. The molecule has 7 aromatic carbocycles. The average Bonchev–Trinajstić information content (AvgIpc) is 3.77. The van der Waals surface area contributed by atoms with E-state index < -0.39 is 0 Å². The van der Waals surface area contributed by atoms with Crippen molar-refractivity contribution in [2.45, 2.75) is 0 Å². The van der Waals surface area contributed by atoms with E-state index in [0.717, 1.165) is 0 Å². The zero-order valence-corrected chi connectivity index (χ0v) is 25.8. The summed E-state index contributed by atoms with van der Waals surface area (Å²) < 4.78 is 7.82. The number of hydrogen-bond acceptors (Lipinski definition) is 2. The predicted octanol–water partition coefficient (Wildman–Crippen LogP) is 12.9. The molecule has 0 bridgehead atoms. The van der Waals surface area contributed by atoms with Crippen LogP contribution in [-0.2, 0) is 0 Å². The molecule has 0 atom stereocenters. The summed E-state index contributed by atoms with van der Waals surface area (Å²) in [6, 6.07) is 55.9. The van der Waals surface area contributed by atoms with Gasteiger partial charge in [-0.25, -0.2) is 0 Å². The highest BCUT2D eigenvalue weighted by Gasteiger charge is 2.19. The summed E-state index contributed by atoms with van der Waals surface area (Å²) >= 11 is 3.77. The number of thiophene rings is 2. The standard InChI is InChI=1S/C42H25NS2/c1-2-10-26(11-3-1)27-20-22-35-33(24-27)34-25-28(29-14-8-15-31-30-12-4-6-17-38(30)45-42(29)31)21-23-36(34)43(35)37-16-9-19-40-41(37)32-13-5-7-18-39(32)44-40/h1-25H. The third kappa shape index (κ3) is 3.72. The summed E-state index contributed by atoms with van der Waals surface area (Å²) in [5.41, 5.74) is 8.70. The molecule has 3 aromatic heterocycles. The fraction of sp³-hybridized carbons (Fsp3) is 0. The lowest BCUT2D eigenvalue weighted by molar-refractivity contribution is 1.20. The Bertz CT molecular complexity index is 2760. The summed E-state index contributed by atoms with van der Waals surface area (Å²) in [5.74, 6) is 0. The highest BCUT2D eigenvalue weighted by molar-refractivity contribution is 7.26. The van der Waals surface area contributed by atoms with Crippen molar-refractivity contribution in [3.05, 3.63) is 152 Å². The molecule has 0 saturated heterocycles. The largest absolute Gasteiger partial charge is 0.309 e. The van der Waals surface area contributed by atoms with Gasteiger partial charge in [0.25, 0.3) is 0 Å². The highest BCUT2D eigenvalue weighted by atomic mass is 32.1. The third-order valence-electron chi connectivity index (χ3n) is 9.21. The van der Waals surface area contributed by atoms with Gasteiger partial charge in [-0.05, 0) is 70.8 Å². The van der Waals surface area contributed by atoms with E-state index in [1.807, 2.05) is 22.7 Å². The molecule has 0 aliphatic heterocycles. The zero-order chi connectivity index (χ0) is 29.5. The van der Waals surface area contributed by atoms with Crippen molar-refractivity contribution in [3.8, 4) is 27.9 Å². The quantitative estimate of drug-likeness (QED) is 0.188. The van der Waals surface area contributed by atoms with E-state index in [1.54, 1.807) is 0 Å². The van der Waals surface area contributed by atoms with Crippen molar-refractivity contribution >= 4 is 84.8 Å². The van der Waals surface area contributed by atoms with Crippen LogP contribution in [0.3, 0.4) is 0 Å². The summed E-state index contributed by atoms with van der Waals surface area (Å²) in [4.78, 5) is 0. The van der Waals surface area contributed by atoms with E-state index in [0.29, 0.717) is 0 Å². The third-order valence-corrected chi connectivity index (χ3v) is 11.6. The zero-order valence-electron chi connectivity index (χ0n) is 24.2. The second kappa shape index (κ2) is 9.64. The molecule has 45 heavy (non-hydrogen) atoms. The fourth-order valence-electron chi connectivity index (χ4n) is 7.18. The number of benzene rings is 7. The van der Waals surface area contributed by atoms with E-state index in [2.05, 4.69) is 156 Å². The lowest BCUT2D eigenvalue weighted by Gasteiger charge is -2.11. The summed E-state index contributed by atoms with van der Waals surface area (Å²) in [6.07, 6.45) is 0. The normalized spacial score (nSPS) is 12.0. The molecule has 210 valence electrons. The number of aromatic nitrogens is 1. The van der Waals surface area contributed by atoms with Crippen LogP contribution >= 0.6 is 22.7 Å². The van der Waals surface area contributed by atoms with Crippen molar-refractivity contribution in [1.29, 1.82) is 0 Å². The Balaban J connectivity index is 1.30. The van der Waals surface area contributed by atoms with Crippen LogP contribution in [0.5, 0.6) is 0 Å². The van der Waals surface area contributed by atoms with Crippen LogP contribution < -0.4 is 0 Å². The van der Waals surface area contributed by atoms with Crippen molar-refractivity contribution in [2.75, 3.05) is 0 Å². The Morgan fingerprint density at radius 2 is 1.00 bits per heavy atom. The maximum atomic E-state index is 2.49. The molecule has 0 spiro atoms. The number of fused-ring (bicyclic) bond motifs is 9. The first-order chi connectivity index (χ1) is 22.3. The number of nitrogens with zero attached hydrogens (tertiary/aromatic N) is 1. The minimum Gasteiger partial charge on any atom is -0.309 e. The Labute approximate surface area is 267 Å². The van der Waals surface area contributed by atoms with Gasteiger partial charge in [0.15, 0.2) is 0 Å². The first-order valence-electron chi connectivity index (χ1n) is 15.3. The van der Waals surface area contributed by atoms with E-state index in [9.17, 15) is 0 Å². The molecule has 3 heteroatoms. The van der Waals surface area contributed by atoms with E-state index in [1.165, 1.54) is 90.1 Å². The minimum atomic E-state index is 1.23. The Morgan fingerprint density at radius 1 is 0.378 bits per heavy atom. The minimum absolute atomic E-state index is 1.23. The van der Waals surface area contributed by atoms with Crippen LogP contribution in [0.25, 0.3) is 90.1 Å². The Morgan fingerprint density at radius 3 is 1.82 bits per heavy atom. The van der Waals surface area contributed by atoms with Crippen LogP contribution in [0.4, 0.5) is 0 Å². The van der Waals surface area contributed by atoms with Gasteiger partial charge in [-0.2, -0.15) is 0 Å². The van der Waals surface area contributed by atoms with Gasteiger partial charge in [-0.3, -0.25) is 0 Å². The maximum Gasteiger partial charge on any atom is 0.0555 e. The van der Waals surface area contributed by atoms with Gasteiger partial charge >= 0.3 is 0 Å². The molecular formula is C42H25NS2. The summed E-state index contributed by atoms with van der Waals surface area (Å²) in [5, 5.41) is 7.85. The molecule has 0 fully saturated rings. The second-order valence-electron chi connectivity index (χ2n) is 11.7. The average molecular weight is 608 g/mol. The van der Waals surface area contributed by atoms with Gasteiger partial charge in [0.2, 0.25) is 0 Å². The molecular weight excluding hydrogens is 583 g/mol. The van der Waals surface area contributed by atoms with Crippen LogP contribution in [0.1, 0.15) is 0 Å². The molecule has 0 aliphatic carbocycles. The molecule has 0 amide bonds. The predicted molar refractivity (Wildman–Crippen MR) is 197 cm³/mol. The van der Waals surface area contributed by atoms with Crippen molar-refractivity contribution in [1.82, 2.24) is 4.57 Å². The van der Waals surface area contributed by atoms with E-state index in [-0.39, 0.29) is 0 Å². The molecule has 0 unspecified atom stereocenters. The first kappa shape index (κ1) is 25.1. The topological polar surface area (TPSA) is 4.93 Å². The second-order valence-corrected chi connectivity index (χ2v) is 13.8. The highest BCUT2D eigenvalue weighted by Crippen LogP contribution is 2.44. The number of hydrogen-bond donors (Lipinski definition) is 0. The van der Waals surface area contributed by atoms with Crippen molar-refractivity contribution in [2.24, 2.45) is 0 Å². The van der Waals surface area contributed by atoms with Gasteiger partial charge in [0.1, 0.15) is 0 Å². The lowest BCUT2D eigenvalue weighted by Crippen LogP contribution is -1.94. The van der Waals surface area contributed by atoms with Crippen LogP contribution in [0.2, 0.25) is 0 Å². The molecule has 10 rings (SSSR count). The van der Waals surface area contributed by atoms with E-state index >= 15 is 0 Å². The van der Waals surface area contributed by atoms with E-state index in [4.69, 9.17) is 0 Å². The number of rotatable bonds is 3. The smallest absolute Gasteiger partial charge is 0.0555 e. The monoisotopic (exact) mass is 607 g/mol. The molecule has 0 saturated carbocycles. The summed E-state index contributed by atoms with van der Waals surface area (Å²) in [6.45, 7) is 0. The van der Waals surface area contributed by atoms with Crippen molar-refractivity contribution in [3.63, 3.8) is 0 Å². The fourth-order valence-corrected chi connectivity index (χ4v) is 9.54. The molecule has 1 nitrogen and oxygen atoms in total. The summed E-state index contributed by atoms with van der Waals surface area (Å²) in [7, 11) is 0. The molecule has 10 aromatic rings. The van der Waals surface area contributed by atoms with Crippen LogP contribution in [-0.4, -0.2) is 4.57 Å². The maximum absolute atomic E-state index is 2.49. The van der Waals surface area contributed by atoms with Gasteiger partial charge in [0.05, 0.1) is 16.7 Å². The van der Waals surface area contributed by atoms with Gasteiger partial charge in [0, 0.05) is 51.1 Å². The SMILES string of the molecule is c1ccc(-c2ccc3c(c2)c2cc(-c4cccc5c4sc4ccccc45)ccc2n3-c2cccc3sc4ccccc4c23)cc1. The van der Waals surface area contributed by atoms with Gasteiger partial charge in [-0.15, -0.1) is 22.7 Å². The lowest BCUT2D eigenvalue weighted by atomic mass is 9.99. The molecule has 0 N–H and O–H groups in total. The first-order valence-corrected chi connectivity index (χ1v) is 16.9. The van der Waals surface area contributed by atoms with Crippen LogP contribution in [0.15, 0.2) is 152 Å². The van der Waals surface area contributed by atoms with Crippen LogP contribution in [0, 0.1) is 0 Å². The van der Waals surface area contributed by atoms with Gasteiger partial charge in [-0.1, -0.05) is 103 Å². The van der Waals surface area contributed by atoms with Gasteiger partial charge < -0.3 is 4.57 Å².